The minimum atomic E-state index is -3.66. The van der Waals surface area contributed by atoms with Crippen LogP contribution in [0.15, 0.2) is 17.0 Å². The minimum Gasteiger partial charge on any atom is -0.497 e. The Labute approximate surface area is 137 Å². The molecule has 1 heterocycles. The van der Waals surface area contributed by atoms with Crippen molar-refractivity contribution in [2.24, 2.45) is 0 Å². The predicted octanol–water partition coefficient (Wildman–Crippen LogP) is 0.578. The molecule has 1 fully saturated rings. The Morgan fingerprint density at radius 3 is 1.74 bits per heavy atom. The van der Waals surface area contributed by atoms with Crippen LogP contribution in [0.2, 0.25) is 0 Å². The van der Waals surface area contributed by atoms with Crippen LogP contribution in [-0.4, -0.2) is 65.0 Å². The van der Waals surface area contributed by atoms with Crippen LogP contribution in [0, 0.1) is 13.8 Å². The first-order valence-electron chi connectivity index (χ1n) is 7.18. The van der Waals surface area contributed by atoms with Crippen molar-refractivity contribution in [2.45, 2.75) is 18.7 Å². The average molecular weight is 362 g/mol. The van der Waals surface area contributed by atoms with Crippen LogP contribution < -0.4 is 4.74 Å². The van der Waals surface area contributed by atoms with Gasteiger partial charge in [0.1, 0.15) is 5.75 Å². The molecule has 2 rings (SSSR count). The van der Waals surface area contributed by atoms with Crippen molar-refractivity contribution in [1.29, 1.82) is 0 Å². The number of piperazine rings is 1. The molecule has 9 heteroatoms. The summed E-state index contributed by atoms with van der Waals surface area (Å²) in [4.78, 5) is 0.270. The summed E-state index contributed by atoms with van der Waals surface area (Å²) in [5, 5.41) is 0. The molecule has 0 amide bonds. The molecule has 0 N–H and O–H groups in total. The van der Waals surface area contributed by atoms with Gasteiger partial charge >= 0.3 is 0 Å². The van der Waals surface area contributed by atoms with Gasteiger partial charge in [0.05, 0.1) is 18.3 Å². The van der Waals surface area contributed by atoms with Gasteiger partial charge in [-0.25, -0.2) is 16.8 Å². The van der Waals surface area contributed by atoms with Crippen molar-refractivity contribution >= 4 is 20.0 Å². The zero-order chi connectivity index (χ0) is 17.4. The van der Waals surface area contributed by atoms with Crippen LogP contribution in [0.3, 0.4) is 0 Å². The standard InChI is InChI=1S/C14H22N2O5S2/c1-11-9-13(21-3)10-12(2)14(11)23(19,20)16-7-5-15(6-8-16)22(4,17)18/h9-10H,5-8H2,1-4H3. The van der Waals surface area contributed by atoms with Gasteiger partial charge in [-0.05, 0) is 37.1 Å². The summed E-state index contributed by atoms with van der Waals surface area (Å²) in [5.41, 5.74) is 1.24. The van der Waals surface area contributed by atoms with Gasteiger partial charge in [0, 0.05) is 26.2 Å². The number of hydrogen-bond donors (Lipinski definition) is 0. The maximum atomic E-state index is 12.9. The molecule has 0 saturated carbocycles. The van der Waals surface area contributed by atoms with Crippen molar-refractivity contribution in [3.8, 4) is 5.75 Å². The van der Waals surface area contributed by atoms with Gasteiger partial charge in [-0.15, -0.1) is 0 Å². The van der Waals surface area contributed by atoms with E-state index >= 15 is 0 Å². The maximum absolute atomic E-state index is 12.9. The quantitative estimate of drug-likeness (QED) is 0.782. The minimum absolute atomic E-state index is 0.153. The molecule has 7 nitrogen and oxygen atoms in total. The average Bonchev–Trinajstić information content (AvgIpc) is 2.45. The Morgan fingerprint density at radius 2 is 1.35 bits per heavy atom. The molecule has 130 valence electrons. The fraction of sp³-hybridized carbons (Fsp3) is 0.571. The molecule has 1 aromatic rings. The summed E-state index contributed by atoms with van der Waals surface area (Å²) in [7, 11) is -5.42. The highest BCUT2D eigenvalue weighted by atomic mass is 32.2. The molecule has 0 aliphatic carbocycles. The van der Waals surface area contributed by atoms with Gasteiger partial charge in [-0.1, -0.05) is 0 Å². The first kappa shape index (κ1) is 18.2. The summed E-state index contributed by atoms with van der Waals surface area (Å²) < 4.78 is 56.7. The monoisotopic (exact) mass is 362 g/mol. The van der Waals surface area contributed by atoms with Crippen LogP contribution in [0.1, 0.15) is 11.1 Å². The lowest BCUT2D eigenvalue weighted by Gasteiger charge is -2.33. The van der Waals surface area contributed by atoms with E-state index in [0.717, 1.165) is 6.26 Å². The van der Waals surface area contributed by atoms with Crippen molar-refractivity contribution in [3.63, 3.8) is 0 Å². The van der Waals surface area contributed by atoms with Crippen molar-refractivity contribution < 1.29 is 21.6 Å². The molecule has 0 spiro atoms. The molecule has 0 aromatic heterocycles. The van der Waals surface area contributed by atoms with E-state index < -0.39 is 20.0 Å². The van der Waals surface area contributed by atoms with E-state index in [2.05, 4.69) is 0 Å². The predicted molar refractivity (Wildman–Crippen MR) is 87.6 cm³/mol. The molecule has 1 saturated heterocycles. The zero-order valence-corrected chi connectivity index (χ0v) is 15.4. The first-order valence-corrected chi connectivity index (χ1v) is 10.5. The Bertz CT molecular complexity index is 771. The molecule has 0 radical (unpaired) electrons. The molecule has 1 aliphatic heterocycles. The molecule has 0 atom stereocenters. The zero-order valence-electron chi connectivity index (χ0n) is 13.7. The number of hydrogen-bond acceptors (Lipinski definition) is 5. The number of benzene rings is 1. The molecule has 23 heavy (non-hydrogen) atoms. The highest BCUT2D eigenvalue weighted by Gasteiger charge is 2.33. The second-order valence-corrected chi connectivity index (χ2v) is 9.51. The Hall–Kier alpha value is -1.16. The number of methoxy groups -OCH3 is 1. The highest BCUT2D eigenvalue weighted by molar-refractivity contribution is 7.89. The third-order valence-electron chi connectivity index (χ3n) is 3.93. The van der Waals surface area contributed by atoms with E-state index in [-0.39, 0.29) is 31.1 Å². The maximum Gasteiger partial charge on any atom is 0.243 e. The van der Waals surface area contributed by atoms with Crippen LogP contribution in [0.4, 0.5) is 0 Å². The van der Waals surface area contributed by atoms with Crippen LogP contribution in [-0.2, 0) is 20.0 Å². The first-order chi connectivity index (χ1) is 10.6. The van der Waals surface area contributed by atoms with Gasteiger partial charge in [0.25, 0.3) is 0 Å². The Morgan fingerprint density at radius 1 is 0.913 bits per heavy atom. The molecular weight excluding hydrogens is 340 g/mol. The van der Waals surface area contributed by atoms with Crippen molar-refractivity contribution in [2.75, 3.05) is 39.5 Å². The van der Waals surface area contributed by atoms with Crippen molar-refractivity contribution in [3.05, 3.63) is 23.3 Å². The van der Waals surface area contributed by atoms with Gasteiger partial charge in [0.2, 0.25) is 20.0 Å². The second kappa shape index (κ2) is 6.39. The van der Waals surface area contributed by atoms with E-state index in [9.17, 15) is 16.8 Å². The number of rotatable bonds is 4. The second-order valence-electron chi connectivity index (χ2n) is 5.66. The third-order valence-corrected chi connectivity index (χ3v) is 7.44. The van der Waals surface area contributed by atoms with Crippen LogP contribution in [0.5, 0.6) is 5.75 Å². The van der Waals surface area contributed by atoms with Gasteiger partial charge in [0.15, 0.2) is 0 Å². The van der Waals surface area contributed by atoms with E-state index in [1.165, 1.54) is 15.7 Å². The Kier molecular flexibility index (Phi) is 5.05. The van der Waals surface area contributed by atoms with E-state index in [0.29, 0.717) is 16.9 Å². The summed E-state index contributed by atoms with van der Waals surface area (Å²) in [6.45, 7) is 4.11. The number of sulfonamides is 2. The smallest absolute Gasteiger partial charge is 0.243 e. The van der Waals surface area contributed by atoms with Gasteiger partial charge < -0.3 is 4.74 Å². The summed E-state index contributed by atoms with van der Waals surface area (Å²) in [5.74, 6) is 0.612. The normalized spacial score (nSPS) is 18.1. The highest BCUT2D eigenvalue weighted by Crippen LogP contribution is 2.28. The largest absolute Gasteiger partial charge is 0.497 e. The molecule has 1 aliphatic rings. The fourth-order valence-corrected chi connectivity index (χ4v) is 5.47. The number of ether oxygens (including phenoxy) is 1. The Balaban J connectivity index is 2.31. The number of nitrogens with zero attached hydrogens (tertiary/aromatic N) is 2. The molecular formula is C14H22N2O5S2. The fourth-order valence-electron chi connectivity index (χ4n) is 2.81. The van der Waals surface area contributed by atoms with Crippen LogP contribution >= 0.6 is 0 Å². The SMILES string of the molecule is COc1cc(C)c(S(=O)(=O)N2CCN(S(C)(=O)=O)CC2)c(C)c1. The number of aryl methyl sites for hydroxylation is 2. The lowest BCUT2D eigenvalue weighted by atomic mass is 10.1. The van der Waals surface area contributed by atoms with E-state index in [1.807, 2.05) is 0 Å². The molecule has 0 bridgehead atoms. The summed E-state index contributed by atoms with van der Waals surface area (Å²) >= 11 is 0. The van der Waals surface area contributed by atoms with Crippen molar-refractivity contribution in [1.82, 2.24) is 8.61 Å². The molecule has 0 unspecified atom stereocenters. The van der Waals surface area contributed by atoms with Crippen LogP contribution in [0.25, 0.3) is 0 Å². The van der Waals surface area contributed by atoms with Gasteiger partial charge in [-0.3, -0.25) is 0 Å². The topological polar surface area (TPSA) is 84.0 Å². The lowest BCUT2D eigenvalue weighted by molar-refractivity contribution is 0.274. The lowest BCUT2D eigenvalue weighted by Crippen LogP contribution is -2.50. The summed E-state index contributed by atoms with van der Waals surface area (Å²) in [6, 6.07) is 3.37. The van der Waals surface area contributed by atoms with E-state index in [1.54, 1.807) is 26.0 Å². The summed E-state index contributed by atoms with van der Waals surface area (Å²) in [6.07, 6.45) is 1.13. The molecule has 1 aromatic carbocycles. The van der Waals surface area contributed by atoms with Gasteiger partial charge in [-0.2, -0.15) is 8.61 Å². The van der Waals surface area contributed by atoms with E-state index in [4.69, 9.17) is 4.74 Å². The third kappa shape index (κ3) is 3.68.